The second-order valence-electron chi connectivity index (χ2n) is 5.14. The first kappa shape index (κ1) is 16.2. The van der Waals surface area contributed by atoms with Crippen molar-refractivity contribution in [2.75, 3.05) is 6.54 Å². The molecule has 1 aromatic carbocycles. The maximum atomic E-state index is 12.4. The predicted octanol–water partition coefficient (Wildman–Crippen LogP) is 2.74. The Bertz CT molecular complexity index is 757. The van der Waals surface area contributed by atoms with E-state index in [-0.39, 0.29) is 5.91 Å². The molecule has 2 aromatic heterocycles. The minimum absolute atomic E-state index is 0.135. The van der Waals surface area contributed by atoms with Crippen LogP contribution in [-0.4, -0.2) is 27.2 Å². The third-order valence-electron chi connectivity index (χ3n) is 3.40. The number of nitrogens with zero attached hydrogens (tertiary/aromatic N) is 3. The molecule has 0 aliphatic heterocycles. The van der Waals surface area contributed by atoms with Crippen molar-refractivity contribution in [1.29, 1.82) is 0 Å². The fourth-order valence-electron chi connectivity index (χ4n) is 2.21. The number of thiazole rings is 1. The summed E-state index contributed by atoms with van der Waals surface area (Å²) in [5, 5.41) is 8.98. The molecular formula is C17H18N4O2S. The van der Waals surface area contributed by atoms with Crippen LogP contribution < -0.4 is 10.1 Å². The van der Waals surface area contributed by atoms with Crippen molar-refractivity contribution >= 4 is 17.2 Å². The van der Waals surface area contributed by atoms with E-state index in [0.29, 0.717) is 24.5 Å². The molecule has 3 rings (SSSR count). The number of nitrogens with one attached hydrogen (secondary N) is 1. The maximum Gasteiger partial charge on any atom is 0.255 e. The number of para-hydroxylation sites is 1. The first-order valence-corrected chi connectivity index (χ1v) is 8.62. The Hall–Kier alpha value is -2.67. The summed E-state index contributed by atoms with van der Waals surface area (Å²) in [7, 11) is 0. The van der Waals surface area contributed by atoms with Gasteiger partial charge >= 0.3 is 0 Å². The normalized spacial score (nSPS) is 10.5. The van der Waals surface area contributed by atoms with E-state index in [1.54, 1.807) is 23.8 Å². The van der Waals surface area contributed by atoms with Gasteiger partial charge in [0, 0.05) is 30.9 Å². The molecule has 0 bridgehead atoms. The first-order valence-electron chi connectivity index (χ1n) is 7.67. The molecule has 1 amide bonds. The van der Waals surface area contributed by atoms with E-state index in [2.05, 4.69) is 15.4 Å². The lowest BCUT2D eigenvalue weighted by molar-refractivity contribution is 0.0948. The van der Waals surface area contributed by atoms with Gasteiger partial charge in [-0.25, -0.2) is 4.98 Å². The monoisotopic (exact) mass is 342 g/mol. The second-order valence-corrected chi connectivity index (χ2v) is 5.86. The fraction of sp³-hybridized carbons (Fsp3) is 0.235. The minimum Gasteiger partial charge on any atom is -0.486 e. The van der Waals surface area contributed by atoms with E-state index in [0.717, 1.165) is 18.7 Å². The van der Waals surface area contributed by atoms with Crippen LogP contribution in [0.3, 0.4) is 0 Å². The number of rotatable bonds is 8. The topological polar surface area (TPSA) is 69.0 Å². The number of hydrogen-bond acceptors (Lipinski definition) is 5. The number of ether oxygens (including phenoxy) is 1. The minimum atomic E-state index is -0.135. The van der Waals surface area contributed by atoms with E-state index in [9.17, 15) is 4.79 Å². The van der Waals surface area contributed by atoms with Crippen molar-refractivity contribution in [3.63, 3.8) is 0 Å². The van der Waals surface area contributed by atoms with Gasteiger partial charge in [-0.2, -0.15) is 5.10 Å². The molecule has 3 aromatic rings. The summed E-state index contributed by atoms with van der Waals surface area (Å²) >= 11 is 1.52. The second kappa shape index (κ2) is 8.26. The zero-order valence-corrected chi connectivity index (χ0v) is 13.9. The average Bonchev–Trinajstić information content (AvgIpc) is 3.30. The number of benzene rings is 1. The highest BCUT2D eigenvalue weighted by Crippen LogP contribution is 2.19. The Morgan fingerprint density at radius 1 is 1.29 bits per heavy atom. The summed E-state index contributed by atoms with van der Waals surface area (Å²) in [6.45, 7) is 1.71. The molecule has 0 atom stereocenters. The van der Waals surface area contributed by atoms with Gasteiger partial charge in [0.25, 0.3) is 5.91 Å². The molecule has 0 aliphatic rings. The van der Waals surface area contributed by atoms with Gasteiger partial charge in [-0.3, -0.25) is 9.48 Å². The Morgan fingerprint density at radius 2 is 2.21 bits per heavy atom. The quantitative estimate of drug-likeness (QED) is 0.639. The Balaban J connectivity index is 1.52. The number of amides is 1. The zero-order valence-electron chi connectivity index (χ0n) is 13.1. The predicted molar refractivity (Wildman–Crippen MR) is 92.1 cm³/mol. The molecule has 0 saturated carbocycles. The Labute approximate surface area is 144 Å². The molecule has 24 heavy (non-hydrogen) atoms. The lowest BCUT2D eigenvalue weighted by atomic mass is 10.2. The van der Waals surface area contributed by atoms with E-state index in [4.69, 9.17) is 4.74 Å². The summed E-state index contributed by atoms with van der Waals surface area (Å²) in [6.07, 6.45) is 4.47. The zero-order chi connectivity index (χ0) is 16.6. The molecule has 6 nitrogen and oxygen atoms in total. The van der Waals surface area contributed by atoms with E-state index in [1.165, 1.54) is 11.3 Å². The van der Waals surface area contributed by atoms with Gasteiger partial charge in [0.2, 0.25) is 0 Å². The molecule has 0 spiro atoms. The van der Waals surface area contributed by atoms with Gasteiger partial charge in [-0.05, 0) is 24.6 Å². The van der Waals surface area contributed by atoms with E-state index in [1.807, 2.05) is 34.5 Å². The molecular weight excluding hydrogens is 324 g/mol. The van der Waals surface area contributed by atoms with Crippen LogP contribution in [0.4, 0.5) is 0 Å². The number of carbonyl (C=O) groups excluding carboxylic acids is 1. The van der Waals surface area contributed by atoms with Gasteiger partial charge < -0.3 is 10.1 Å². The highest BCUT2D eigenvalue weighted by atomic mass is 32.1. The molecule has 1 N–H and O–H groups in total. The average molecular weight is 342 g/mol. The van der Waals surface area contributed by atoms with Crippen molar-refractivity contribution < 1.29 is 9.53 Å². The van der Waals surface area contributed by atoms with Gasteiger partial charge in [0.15, 0.2) is 0 Å². The summed E-state index contributed by atoms with van der Waals surface area (Å²) in [5.74, 6) is 0.430. The number of carbonyl (C=O) groups is 1. The highest BCUT2D eigenvalue weighted by molar-refractivity contribution is 7.07. The molecule has 0 aliphatic carbocycles. The molecule has 0 radical (unpaired) electrons. The largest absolute Gasteiger partial charge is 0.486 e. The van der Waals surface area contributed by atoms with Crippen LogP contribution in [0.25, 0.3) is 0 Å². The van der Waals surface area contributed by atoms with Crippen molar-refractivity contribution in [1.82, 2.24) is 20.1 Å². The number of hydrogen-bond donors (Lipinski definition) is 1. The Kier molecular flexibility index (Phi) is 5.57. The van der Waals surface area contributed by atoms with Crippen LogP contribution in [0.15, 0.2) is 53.6 Å². The molecule has 2 heterocycles. The van der Waals surface area contributed by atoms with E-state index >= 15 is 0 Å². The lowest BCUT2D eigenvalue weighted by Gasteiger charge is -2.11. The van der Waals surface area contributed by atoms with Crippen LogP contribution in [0.2, 0.25) is 0 Å². The summed E-state index contributed by atoms with van der Waals surface area (Å²) in [4.78, 5) is 16.5. The molecule has 0 saturated heterocycles. The van der Waals surface area contributed by atoms with Crippen molar-refractivity contribution in [2.45, 2.75) is 19.6 Å². The van der Waals surface area contributed by atoms with Gasteiger partial charge in [-0.15, -0.1) is 11.3 Å². The van der Waals surface area contributed by atoms with Gasteiger partial charge in [0.1, 0.15) is 12.4 Å². The van der Waals surface area contributed by atoms with Crippen molar-refractivity contribution in [2.24, 2.45) is 0 Å². The van der Waals surface area contributed by atoms with Crippen LogP contribution >= 0.6 is 11.3 Å². The number of aromatic nitrogens is 3. The first-order chi connectivity index (χ1) is 11.8. The Morgan fingerprint density at radius 3 is 3.00 bits per heavy atom. The lowest BCUT2D eigenvalue weighted by Crippen LogP contribution is -2.25. The summed E-state index contributed by atoms with van der Waals surface area (Å²) in [5.41, 5.74) is 3.15. The van der Waals surface area contributed by atoms with Crippen LogP contribution in [0.1, 0.15) is 22.5 Å². The standard InChI is InChI=1S/C17H18N4O2S/c22-17(18-7-3-9-21-10-4-8-20-21)15-5-1-2-6-16(15)23-11-14-12-24-13-19-14/h1-2,4-6,8,10,12-13H,3,7,9,11H2,(H,18,22). The molecule has 124 valence electrons. The number of aryl methyl sites for hydroxylation is 1. The maximum absolute atomic E-state index is 12.4. The van der Waals surface area contributed by atoms with Gasteiger partial charge in [-0.1, -0.05) is 12.1 Å². The third kappa shape index (κ3) is 4.42. The third-order valence-corrected chi connectivity index (χ3v) is 4.03. The SMILES string of the molecule is O=C(NCCCn1cccn1)c1ccccc1OCc1cscn1. The van der Waals surface area contributed by atoms with E-state index < -0.39 is 0 Å². The van der Waals surface area contributed by atoms with Crippen LogP contribution in [0, 0.1) is 0 Å². The molecule has 7 heteroatoms. The van der Waals surface area contributed by atoms with Crippen molar-refractivity contribution in [3.05, 3.63) is 64.9 Å². The summed E-state index contributed by atoms with van der Waals surface area (Å²) in [6, 6.07) is 9.12. The molecule has 0 fully saturated rings. The van der Waals surface area contributed by atoms with Crippen molar-refractivity contribution in [3.8, 4) is 5.75 Å². The fourth-order valence-corrected chi connectivity index (χ4v) is 2.75. The highest BCUT2D eigenvalue weighted by Gasteiger charge is 2.12. The smallest absolute Gasteiger partial charge is 0.255 e. The summed E-state index contributed by atoms with van der Waals surface area (Å²) < 4.78 is 7.58. The van der Waals surface area contributed by atoms with Crippen LogP contribution in [-0.2, 0) is 13.2 Å². The molecule has 0 unspecified atom stereocenters. The van der Waals surface area contributed by atoms with Crippen LogP contribution in [0.5, 0.6) is 5.75 Å². The van der Waals surface area contributed by atoms with Gasteiger partial charge in [0.05, 0.1) is 16.8 Å².